The fourth-order valence-electron chi connectivity index (χ4n) is 4.60. The first kappa shape index (κ1) is 13.8. The molecule has 1 saturated carbocycles. The van der Waals surface area contributed by atoms with Gasteiger partial charge in [-0.2, -0.15) is 0 Å². The first-order valence-electron chi connectivity index (χ1n) is 8.43. The molecule has 3 heteroatoms. The molecule has 110 valence electrons. The van der Waals surface area contributed by atoms with Crippen LogP contribution in [0.4, 0.5) is 0 Å². The average Bonchev–Trinajstić information content (AvgIpc) is 2.87. The normalized spacial score (nSPS) is 41.4. The number of piperazine rings is 1. The molecule has 19 heavy (non-hydrogen) atoms. The minimum absolute atomic E-state index is 0.757. The van der Waals surface area contributed by atoms with Gasteiger partial charge in [-0.3, -0.25) is 9.80 Å². The van der Waals surface area contributed by atoms with Crippen LogP contribution in [0.1, 0.15) is 45.4 Å². The van der Waals surface area contributed by atoms with Crippen LogP contribution in [0.25, 0.3) is 0 Å². The van der Waals surface area contributed by atoms with Crippen molar-refractivity contribution in [2.75, 3.05) is 33.2 Å². The molecule has 3 nitrogen and oxygen atoms in total. The van der Waals surface area contributed by atoms with Crippen molar-refractivity contribution in [2.45, 2.75) is 63.6 Å². The Bertz CT molecular complexity index is 294. The lowest BCUT2D eigenvalue weighted by Gasteiger charge is -2.48. The Balaban J connectivity index is 1.58. The summed E-state index contributed by atoms with van der Waals surface area (Å²) in [5, 5.41) is 3.54. The van der Waals surface area contributed by atoms with E-state index in [0.717, 1.165) is 24.0 Å². The third-order valence-corrected chi connectivity index (χ3v) is 5.82. The van der Waals surface area contributed by atoms with E-state index in [1.807, 2.05) is 0 Å². The van der Waals surface area contributed by atoms with E-state index in [1.54, 1.807) is 0 Å². The van der Waals surface area contributed by atoms with Gasteiger partial charge >= 0.3 is 0 Å². The summed E-state index contributed by atoms with van der Waals surface area (Å²) in [6, 6.07) is 2.39. The van der Waals surface area contributed by atoms with Crippen molar-refractivity contribution < 1.29 is 0 Å². The van der Waals surface area contributed by atoms with Gasteiger partial charge in [-0.25, -0.2) is 0 Å². The average molecular weight is 265 g/mol. The highest BCUT2D eigenvalue weighted by Gasteiger charge is 2.35. The SMILES string of the molecule is CNC1CCCC1CN1CC2CCCCN2CC1C. The monoisotopic (exact) mass is 265 g/mol. The predicted molar refractivity (Wildman–Crippen MR) is 80.4 cm³/mol. The Hall–Kier alpha value is -0.120. The molecular weight excluding hydrogens is 234 g/mol. The van der Waals surface area contributed by atoms with E-state index >= 15 is 0 Å². The second kappa shape index (κ2) is 6.11. The van der Waals surface area contributed by atoms with Gasteiger partial charge in [0.2, 0.25) is 0 Å². The number of piperidine rings is 1. The molecule has 0 amide bonds. The van der Waals surface area contributed by atoms with Gasteiger partial charge in [0, 0.05) is 37.8 Å². The van der Waals surface area contributed by atoms with Gasteiger partial charge in [-0.05, 0) is 52.1 Å². The zero-order valence-corrected chi connectivity index (χ0v) is 12.8. The maximum absolute atomic E-state index is 3.54. The molecule has 2 saturated heterocycles. The number of rotatable bonds is 3. The second-order valence-corrected chi connectivity index (χ2v) is 7.03. The van der Waals surface area contributed by atoms with Gasteiger partial charge in [0.1, 0.15) is 0 Å². The molecule has 3 rings (SSSR count). The first-order valence-corrected chi connectivity index (χ1v) is 8.43. The fourth-order valence-corrected chi connectivity index (χ4v) is 4.60. The molecule has 0 bridgehead atoms. The largest absolute Gasteiger partial charge is 0.317 e. The third-order valence-electron chi connectivity index (χ3n) is 5.82. The Kier molecular flexibility index (Phi) is 4.45. The number of nitrogens with zero attached hydrogens (tertiary/aromatic N) is 2. The minimum atomic E-state index is 0.757. The van der Waals surface area contributed by atoms with Crippen molar-refractivity contribution in [3.8, 4) is 0 Å². The zero-order valence-electron chi connectivity index (χ0n) is 12.8. The van der Waals surface area contributed by atoms with E-state index in [9.17, 15) is 0 Å². The highest BCUT2D eigenvalue weighted by Crippen LogP contribution is 2.29. The highest BCUT2D eigenvalue weighted by atomic mass is 15.3. The van der Waals surface area contributed by atoms with Gasteiger partial charge in [0.25, 0.3) is 0 Å². The van der Waals surface area contributed by atoms with Crippen molar-refractivity contribution in [3.05, 3.63) is 0 Å². The van der Waals surface area contributed by atoms with Crippen LogP contribution in [-0.2, 0) is 0 Å². The third kappa shape index (κ3) is 2.98. The molecule has 0 aromatic heterocycles. The van der Waals surface area contributed by atoms with E-state index in [-0.39, 0.29) is 0 Å². The summed E-state index contributed by atoms with van der Waals surface area (Å²) >= 11 is 0. The zero-order chi connectivity index (χ0) is 13.2. The molecule has 0 aromatic rings. The molecule has 3 fully saturated rings. The highest BCUT2D eigenvalue weighted by molar-refractivity contribution is 4.92. The number of nitrogens with one attached hydrogen (secondary N) is 1. The van der Waals surface area contributed by atoms with E-state index in [2.05, 4.69) is 29.1 Å². The molecule has 0 spiro atoms. The molecule has 2 aliphatic heterocycles. The van der Waals surface area contributed by atoms with E-state index in [1.165, 1.54) is 64.7 Å². The van der Waals surface area contributed by atoms with Crippen LogP contribution in [-0.4, -0.2) is 61.2 Å². The Morgan fingerprint density at radius 3 is 2.79 bits per heavy atom. The van der Waals surface area contributed by atoms with Gasteiger partial charge < -0.3 is 5.32 Å². The van der Waals surface area contributed by atoms with Crippen molar-refractivity contribution in [3.63, 3.8) is 0 Å². The lowest BCUT2D eigenvalue weighted by atomic mass is 9.95. The van der Waals surface area contributed by atoms with Gasteiger partial charge in [-0.1, -0.05) is 12.8 Å². The summed E-state index contributed by atoms with van der Waals surface area (Å²) in [5.74, 6) is 0.891. The van der Waals surface area contributed by atoms with Crippen LogP contribution in [0.15, 0.2) is 0 Å². The van der Waals surface area contributed by atoms with Gasteiger partial charge in [-0.15, -0.1) is 0 Å². The molecule has 3 aliphatic rings. The van der Waals surface area contributed by atoms with E-state index in [4.69, 9.17) is 0 Å². The summed E-state index contributed by atoms with van der Waals surface area (Å²) < 4.78 is 0. The standard InChI is InChI=1S/C16H31N3/c1-13-10-18-9-4-3-7-15(18)12-19(13)11-14-6-5-8-16(14)17-2/h13-17H,3-12H2,1-2H3. The van der Waals surface area contributed by atoms with Gasteiger partial charge in [0.05, 0.1) is 0 Å². The summed E-state index contributed by atoms with van der Waals surface area (Å²) in [6.07, 6.45) is 8.55. The maximum atomic E-state index is 3.54. The van der Waals surface area contributed by atoms with Crippen molar-refractivity contribution >= 4 is 0 Å². The Morgan fingerprint density at radius 2 is 1.95 bits per heavy atom. The number of hydrogen-bond acceptors (Lipinski definition) is 3. The lowest BCUT2D eigenvalue weighted by molar-refractivity contribution is 0.00647. The maximum Gasteiger partial charge on any atom is 0.0223 e. The topological polar surface area (TPSA) is 18.5 Å². The van der Waals surface area contributed by atoms with Gasteiger partial charge in [0.15, 0.2) is 0 Å². The quantitative estimate of drug-likeness (QED) is 0.841. The van der Waals surface area contributed by atoms with Crippen molar-refractivity contribution in [2.24, 2.45) is 5.92 Å². The molecule has 4 unspecified atom stereocenters. The molecular formula is C16H31N3. The fraction of sp³-hybridized carbons (Fsp3) is 1.00. The van der Waals surface area contributed by atoms with Crippen LogP contribution < -0.4 is 5.32 Å². The number of fused-ring (bicyclic) bond motifs is 1. The summed E-state index contributed by atoms with van der Waals surface area (Å²) in [6.45, 7) is 7.76. The van der Waals surface area contributed by atoms with Crippen LogP contribution in [0.3, 0.4) is 0 Å². The first-order chi connectivity index (χ1) is 9.28. The smallest absolute Gasteiger partial charge is 0.0223 e. The molecule has 1 N–H and O–H groups in total. The molecule has 4 atom stereocenters. The second-order valence-electron chi connectivity index (χ2n) is 7.03. The van der Waals surface area contributed by atoms with Crippen molar-refractivity contribution in [1.29, 1.82) is 0 Å². The van der Waals surface area contributed by atoms with Crippen molar-refractivity contribution in [1.82, 2.24) is 15.1 Å². The molecule has 2 heterocycles. The molecule has 0 aromatic carbocycles. The Morgan fingerprint density at radius 1 is 1.05 bits per heavy atom. The van der Waals surface area contributed by atoms with Crippen LogP contribution in [0.2, 0.25) is 0 Å². The predicted octanol–water partition coefficient (Wildman–Crippen LogP) is 1.93. The van der Waals surface area contributed by atoms with E-state index in [0.29, 0.717) is 0 Å². The summed E-state index contributed by atoms with van der Waals surface area (Å²) in [5.41, 5.74) is 0. The minimum Gasteiger partial charge on any atom is -0.317 e. The van der Waals surface area contributed by atoms with Crippen LogP contribution in [0.5, 0.6) is 0 Å². The molecule has 0 radical (unpaired) electrons. The van der Waals surface area contributed by atoms with Crippen LogP contribution >= 0.6 is 0 Å². The summed E-state index contributed by atoms with van der Waals surface area (Å²) in [7, 11) is 2.14. The van der Waals surface area contributed by atoms with Crippen LogP contribution in [0, 0.1) is 5.92 Å². The lowest BCUT2D eigenvalue weighted by Crippen LogP contribution is -2.59. The summed E-state index contributed by atoms with van der Waals surface area (Å²) in [4.78, 5) is 5.56. The molecule has 1 aliphatic carbocycles. The Labute approximate surface area is 118 Å². The van der Waals surface area contributed by atoms with E-state index < -0.39 is 0 Å². The number of hydrogen-bond donors (Lipinski definition) is 1.